The summed E-state index contributed by atoms with van der Waals surface area (Å²) in [7, 11) is 0. The molecule has 1 rings (SSSR count). The fourth-order valence-electron chi connectivity index (χ4n) is 1.43. The van der Waals surface area contributed by atoms with E-state index in [1.807, 2.05) is 30.3 Å². The molecule has 0 amide bonds. The first-order valence-electron chi connectivity index (χ1n) is 5.84. The van der Waals surface area contributed by atoms with Crippen molar-refractivity contribution in [1.29, 1.82) is 0 Å². The minimum absolute atomic E-state index is 0.126. The molecule has 0 fully saturated rings. The van der Waals surface area contributed by atoms with Crippen LogP contribution in [0.25, 0.3) is 0 Å². The number of carbonyl (C=O) groups is 2. The molecular weight excluding hydrogens is 228 g/mol. The Bertz CT molecular complexity index is 432. The van der Waals surface area contributed by atoms with Gasteiger partial charge in [0.05, 0.1) is 0 Å². The molecule has 0 saturated carbocycles. The van der Waals surface area contributed by atoms with Gasteiger partial charge >= 0.3 is 5.97 Å². The van der Waals surface area contributed by atoms with Crippen molar-refractivity contribution >= 4 is 11.8 Å². The van der Waals surface area contributed by atoms with Crippen molar-refractivity contribution in [3.8, 4) is 0 Å². The summed E-state index contributed by atoms with van der Waals surface area (Å²) >= 11 is 0. The molecule has 0 aliphatic rings. The van der Waals surface area contributed by atoms with E-state index in [0.29, 0.717) is 0 Å². The Labute approximate surface area is 107 Å². The van der Waals surface area contributed by atoms with E-state index in [9.17, 15) is 9.59 Å². The van der Waals surface area contributed by atoms with Crippen LogP contribution in [0.2, 0.25) is 0 Å². The van der Waals surface area contributed by atoms with Crippen LogP contribution in [0.4, 0.5) is 0 Å². The first kappa shape index (κ1) is 14.2. The molecule has 3 heteroatoms. The molecule has 0 spiro atoms. The van der Waals surface area contributed by atoms with Crippen molar-refractivity contribution < 1.29 is 14.3 Å². The monoisotopic (exact) mass is 246 g/mol. The van der Waals surface area contributed by atoms with E-state index in [1.54, 1.807) is 13.8 Å². The van der Waals surface area contributed by atoms with Crippen LogP contribution in [0.15, 0.2) is 43.0 Å². The minimum atomic E-state index is -1.13. The number of hydrogen-bond acceptors (Lipinski definition) is 3. The molecule has 0 heterocycles. The van der Waals surface area contributed by atoms with Gasteiger partial charge in [-0.05, 0) is 19.4 Å². The van der Waals surface area contributed by atoms with Crippen LogP contribution in [-0.4, -0.2) is 18.4 Å². The van der Waals surface area contributed by atoms with Crippen LogP contribution < -0.4 is 0 Å². The zero-order valence-electron chi connectivity index (χ0n) is 10.8. The van der Waals surface area contributed by atoms with Gasteiger partial charge in [-0.15, -0.1) is 0 Å². The lowest BCUT2D eigenvalue weighted by Gasteiger charge is -2.20. The van der Waals surface area contributed by atoms with Gasteiger partial charge in [0.15, 0.2) is 5.78 Å². The summed E-state index contributed by atoms with van der Waals surface area (Å²) in [5.41, 5.74) is -0.231. The molecule has 96 valence electrons. The molecule has 3 nitrogen and oxygen atoms in total. The number of benzene rings is 1. The maximum atomic E-state index is 12.1. The lowest BCUT2D eigenvalue weighted by atomic mass is 9.85. The van der Waals surface area contributed by atoms with Gasteiger partial charge < -0.3 is 4.74 Å². The lowest BCUT2D eigenvalue weighted by Crippen LogP contribution is -2.36. The third-order valence-corrected chi connectivity index (χ3v) is 2.75. The Morgan fingerprint density at radius 1 is 1.28 bits per heavy atom. The Morgan fingerprint density at radius 2 is 1.89 bits per heavy atom. The predicted molar refractivity (Wildman–Crippen MR) is 70.1 cm³/mol. The standard InChI is InChI=1S/C15H18O3/c1-4-10-18-14(17)15(2,3)13(16)11-12-8-6-5-7-9-12/h4-9H,1,10-11H2,2-3H3. The summed E-state index contributed by atoms with van der Waals surface area (Å²) in [5.74, 6) is -0.661. The third kappa shape index (κ3) is 3.55. The number of Topliss-reactive ketones (excluding diaryl/α,β-unsaturated/α-hetero) is 1. The van der Waals surface area contributed by atoms with Crippen LogP contribution in [-0.2, 0) is 20.7 Å². The van der Waals surface area contributed by atoms with E-state index >= 15 is 0 Å². The molecule has 0 bridgehead atoms. The van der Waals surface area contributed by atoms with Crippen LogP contribution >= 0.6 is 0 Å². The summed E-state index contributed by atoms with van der Waals surface area (Å²) in [6, 6.07) is 9.35. The van der Waals surface area contributed by atoms with E-state index < -0.39 is 11.4 Å². The van der Waals surface area contributed by atoms with Crippen molar-refractivity contribution in [2.75, 3.05) is 6.61 Å². The van der Waals surface area contributed by atoms with Gasteiger partial charge in [-0.1, -0.05) is 43.0 Å². The molecule has 0 saturated heterocycles. The topological polar surface area (TPSA) is 43.4 Å². The molecule has 0 radical (unpaired) electrons. The molecule has 0 aliphatic heterocycles. The predicted octanol–water partition coefficient (Wildman–Crippen LogP) is 2.55. The number of rotatable bonds is 6. The molecule has 0 aromatic heterocycles. The summed E-state index contributed by atoms with van der Waals surface area (Å²) in [4.78, 5) is 23.9. The number of ether oxygens (including phenoxy) is 1. The smallest absolute Gasteiger partial charge is 0.319 e. The second-order valence-corrected chi connectivity index (χ2v) is 4.60. The van der Waals surface area contributed by atoms with Gasteiger partial charge in [-0.2, -0.15) is 0 Å². The summed E-state index contributed by atoms with van der Waals surface area (Å²) in [6.45, 7) is 6.77. The van der Waals surface area contributed by atoms with Crippen LogP contribution in [0.1, 0.15) is 19.4 Å². The number of hydrogen-bond donors (Lipinski definition) is 0. The lowest BCUT2D eigenvalue weighted by molar-refractivity contribution is -0.157. The zero-order valence-corrected chi connectivity index (χ0v) is 10.8. The van der Waals surface area contributed by atoms with E-state index in [1.165, 1.54) is 6.08 Å². The maximum Gasteiger partial charge on any atom is 0.319 e. The molecule has 18 heavy (non-hydrogen) atoms. The average molecular weight is 246 g/mol. The van der Waals surface area contributed by atoms with Crippen molar-refractivity contribution in [1.82, 2.24) is 0 Å². The van der Waals surface area contributed by atoms with Crippen molar-refractivity contribution in [2.24, 2.45) is 5.41 Å². The normalized spacial score (nSPS) is 10.8. The second-order valence-electron chi connectivity index (χ2n) is 4.60. The van der Waals surface area contributed by atoms with Crippen molar-refractivity contribution in [3.63, 3.8) is 0 Å². The summed E-state index contributed by atoms with van der Waals surface area (Å²) < 4.78 is 4.94. The Morgan fingerprint density at radius 3 is 2.44 bits per heavy atom. The number of carbonyl (C=O) groups excluding carboxylic acids is 2. The maximum absolute atomic E-state index is 12.1. The molecule has 0 atom stereocenters. The van der Waals surface area contributed by atoms with E-state index in [-0.39, 0.29) is 18.8 Å². The molecular formula is C15H18O3. The highest BCUT2D eigenvalue weighted by atomic mass is 16.5. The highest BCUT2D eigenvalue weighted by molar-refractivity contribution is 6.03. The average Bonchev–Trinajstić information content (AvgIpc) is 2.36. The highest BCUT2D eigenvalue weighted by Gasteiger charge is 2.36. The van der Waals surface area contributed by atoms with Crippen molar-refractivity contribution in [3.05, 3.63) is 48.6 Å². The Hall–Kier alpha value is -1.90. The fourth-order valence-corrected chi connectivity index (χ4v) is 1.43. The minimum Gasteiger partial charge on any atom is -0.461 e. The number of ketones is 1. The fraction of sp³-hybridized carbons (Fsp3) is 0.333. The first-order chi connectivity index (χ1) is 8.48. The van der Waals surface area contributed by atoms with Gasteiger partial charge in [0.2, 0.25) is 0 Å². The Kier molecular flexibility index (Phi) is 4.84. The molecule has 1 aromatic rings. The van der Waals surface area contributed by atoms with E-state index in [2.05, 4.69) is 6.58 Å². The Balaban J connectivity index is 2.70. The molecule has 0 unspecified atom stereocenters. The third-order valence-electron chi connectivity index (χ3n) is 2.75. The zero-order chi connectivity index (χ0) is 13.6. The largest absolute Gasteiger partial charge is 0.461 e. The van der Waals surface area contributed by atoms with Gasteiger partial charge in [0.1, 0.15) is 12.0 Å². The SMILES string of the molecule is C=CCOC(=O)C(C)(C)C(=O)Cc1ccccc1. The van der Waals surface area contributed by atoms with E-state index in [0.717, 1.165) is 5.56 Å². The van der Waals surface area contributed by atoms with Gasteiger partial charge in [0.25, 0.3) is 0 Å². The number of esters is 1. The highest BCUT2D eigenvalue weighted by Crippen LogP contribution is 2.21. The van der Waals surface area contributed by atoms with Crippen LogP contribution in [0, 0.1) is 5.41 Å². The van der Waals surface area contributed by atoms with Crippen LogP contribution in [0.5, 0.6) is 0 Å². The van der Waals surface area contributed by atoms with Gasteiger partial charge in [-0.25, -0.2) is 0 Å². The summed E-state index contributed by atoms with van der Waals surface area (Å²) in [5, 5.41) is 0. The first-order valence-corrected chi connectivity index (χ1v) is 5.84. The quantitative estimate of drug-likeness (QED) is 0.440. The summed E-state index contributed by atoms with van der Waals surface area (Å²) in [6.07, 6.45) is 1.71. The van der Waals surface area contributed by atoms with Gasteiger partial charge in [0, 0.05) is 6.42 Å². The van der Waals surface area contributed by atoms with Crippen molar-refractivity contribution in [2.45, 2.75) is 20.3 Å². The van der Waals surface area contributed by atoms with E-state index in [4.69, 9.17) is 4.74 Å². The molecule has 0 N–H and O–H groups in total. The van der Waals surface area contributed by atoms with Crippen LogP contribution in [0.3, 0.4) is 0 Å². The molecule has 0 aliphatic carbocycles. The second kappa shape index (κ2) is 6.15. The van der Waals surface area contributed by atoms with Gasteiger partial charge in [-0.3, -0.25) is 9.59 Å². The molecule has 1 aromatic carbocycles.